The Hall–Kier alpha value is -6.58. The Bertz CT molecular complexity index is 3640. The largest absolute Gasteiger partial charge is 0.355 e. The van der Waals surface area contributed by atoms with Gasteiger partial charge in [0, 0.05) is 49.7 Å². The van der Waals surface area contributed by atoms with Gasteiger partial charge >= 0.3 is 0 Å². The van der Waals surface area contributed by atoms with E-state index in [-0.39, 0.29) is 16.2 Å². The highest BCUT2D eigenvalue weighted by molar-refractivity contribution is 6.74. The number of anilines is 2. The van der Waals surface area contributed by atoms with Gasteiger partial charge in [-0.25, -0.2) is 0 Å². The van der Waals surface area contributed by atoms with Gasteiger partial charge in [0.25, 0.3) is 0 Å². The van der Waals surface area contributed by atoms with Crippen LogP contribution in [-0.2, 0) is 35.5 Å². The van der Waals surface area contributed by atoms with Gasteiger partial charge in [-0.2, -0.15) is 0 Å². The first-order valence-corrected chi connectivity index (χ1v) is 24.4. The van der Waals surface area contributed by atoms with Crippen LogP contribution in [0, 0.1) is 0 Å². The molecule has 0 fully saturated rings. The van der Waals surface area contributed by atoms with Crippen LogP contribution in [0.5, 0.6) is 0 Å². The molecular formula is C63H54BN2. The number of hydrogen-bond donors (Lipinski definition) is 1. The Morgan fingerprint density at radius 1 is 0.561 bits per heavy atom. The molecule has 3 heteroatoms. The summed E-state index contributed by atoms with van der Waals surface area (Å²) in [6.45, 7) is 16.7. The van der Waals surface area contributed by atoms with Crippen LogP contribution >= 0.6 is 0 Å². The Morgan fingerprint density at radius 3 is 2.00 bits per heavy atom. The summed E-state index contributed by atoms with van der Waals surface area (Å²) in [5.41, 5.74) is 32.3. The van der Waals surface area contributed by atoms with Crippen LogP contribution in [0.1, 0.15) is 111 Å². The van der Waals surface area contributed by atoms with Crippen LogP contribution in [0.25, 0.3) is 72.0 Å². The van der Waals surface area contributed by atoms with Crippen LogP contribution in [0.15, 0.2) is 133 Å². The smallest absolute Gasteiger partial charge is 0.197 e. The normalized spacial score (nSPS) is 16.2. The van der Waals surface area contributed by atoms with Crippen molar-refractivity contribution in [2.45, 2.75) is 96.8 Å². The molecule has 1 aromatic heterocycles. The molecule has 4 aliphatic carbocycles. The lowest BCUT2D eigenvalue weighted by molar-refractivity contribution is 0.590. The zero-order chi connectivity index (χ0) is 44.6. The second kappa shape index (κ2) is 13.1. The molecule has 0 unspecified atom stereocenters. The molecule has 2 heterocycles. The second-order valence-electron chi connectivity index (χ2n) is 22.2. The third kappa shape index (κ3) is 5.10. The number of nitrogens with zero attached hydrogens (tertiary/aromatic N) is 1. The molecule has 0 bridgehead atoms. The topological polar surface area (TPSA) is 17.0 Å². The van der Waals surface area contributed by atoms with Gasteiger partial charge in [0.05, 0.1) is 5.52 Å². The summed E-state index contributed by atoms with van der Waals surface area (Å²) in [5, 5.41) is 6.92. The Balaban J connectivity index is 1.14. The fourth-order valence-corrected chi connectivity index (χ4v) is 13.4. The maximum absolute atomic E-state index is 4.09. The van der Waals surface area contributed by atoms with Gasteiger partial charge in [0.2, 0.25) is 0 Å². The van der Waals surface area contributed by atoms with E-state index in [0.29, 0.717) is 0 Å². The lowest BCUT2D eigenvalue weighted by Crippen LogP contribution is -2.38. The third-order valence-electron chi connectivity index (χ3n) is 16.7. The highest BCUT2D eigenvalue weighted by Gasteiger charge is 2.44. The lowest BCUT2D eigenvalue weighted by atomic mass is 9.57. The Morgan fingerprint density at radius 2 is 1.24 bits per heavy atom. The fourth-order valence-electron chi connectivity index (χ4n) is 13.4. The van der Waals surface area contributed by atoms with Crippen molar-refractivity contribution >= 4 is 51.4 Å². The van der Waals surface area contributed by atoms with Gasteiger partial charge in [-0.15, -0.1) is 0 Å². The van der Waals surface area contributed by atoms with Crippen molar-refractivity contribution in [3.8, 4) is 50.2 Å². The molecule has 14 rings (SSSR count). The molecular weight excluding hydrogens is 796 g/mol. The van der Waals surface area contributed by atoms with Crippen molar-refractivity contribution in [3.05, 3.63) is 184 Å². The minimum Gasteiger partial charge on any atom is -0.355 e. The first kappa shape index (κ1) is 38.7. The quantitative estimate of drug-likeness (QED) is 0.175. The molecule has 0 saturated carbocycles. The van der Waals surface area contributed by atoms with Gasteiger partial charge < -0.3 is 9.88 Å². The third-order valence-corrected chi connectivity index (χ3v) is 16.7. The summed E-state index contributed by atoms with van der Waals surface area (Å²) >= 11 is 0. The number of aryl methyl sites for hydroxylation is 2. The molecule has 2 nitrogen and oxygen atoms in total. The number of fused-ring (bicyclic) bond motifs is 16. The van der Waals surface area contributed by atoms with E-state index in [0.717, 1.165) is 30.6 Å². The van der Waals surface area contributed by atoms with E-state index in [1.54, 1.807) is 0 Å². The zero-order valence-corrected chi connectivity index (χ0v) is 39.3. The fraction of sp³-hybridized carbons (Fsp3) is 0.238. The number of benzene rings is 8. The van der Waals surface area contributed by atoms with Crippen molar-refractivity contribution in [1.82, 2.24) is 4.57 Å². The van der Waals surface area contributed by atoms with Gasteiger partial charge in [-0.3, -0.25) is 0 Å². The zero-order valence-electron chi connectivity index (χ0n) is 39.3. The van der Waals surface area contributed by atoms with Crippen LogP contribution in [0.2, 0.25) is 0 Å². The summed E-state index contributed by atoms with van der Waals surface area (Å²) in [5.74, 6) is 0. The molecule has 66 heavy (non-hydrogen) atoms. The molecule has 0 saturated heterocycles. The van der Waals surface area contributed by atoms with E-state index in [1.165, 1.54) is 146 Å². The minimum atomic E-state index is -0.241. The molecule has 9 aromatic rings. The molecule has 0 spiro atoms. The lowest BCUT2D eigenvalue weighted by Gasteiger charge is -2.30. The highest BCUT2D eigenvalue weighted by atomic mass is 15.0. The highest BCUT2D eigenvalue weighted by Crippen LogP contribution is 2.58. The number of rotatable bonds is 3. The van der Waals surface area contributed by atoms with Crippen molar-refractivity contribution in [2.75, 3.05) is 5.32 Å². The van der Waals surface area contributed by atoms with E-state index < -0.39 is 0 Å². The van der Waals surface area contributed by atoms with E-state index in [9.17, 15) is 0 Å². The van der Waals surface area contributed by atoms with E-state index in [1.807, 2.05) is 0 Å². The maximum Gasteiger partial charge on any atom is 0.197 e. The molecule has 0 amide bonds. The molecule has 1 aliphatic heterocycles. The average molecular weight is 850 g/mol. The van der Waals surface area contributed by atoms with Crippen LogP contribution in [0.4, 0.5) is 11.4 Å². The van der Waals surface area contributed by atoms with Crippen molar-refractivity contribution < 1.29 is 0 Å². The van der Waals surface area contributed by atoms with Crippen molar-refractivity contribution in [1.29, 1.82) is 0 Å². The van der Waals surface area contributed by atoms with Crippen molar-refractivity contribution in [2.24, 2.45) is 0 Å². The maximum atomic E-state index is 4.09. The summed E-state index contributed by atoms with van der Waals surface area (Å²) in [6.07, 6.45) is 5.75. The van der Waals surface area contributed by atoms with E-state index in [2.05, 4.69) is 199 Å². The van der Waals surface area contributed by atoms with Crippen LogP contribution < -0.4 is 16.2 Å². The van der Waals surface area contributed by atoms with Crippen molar-refractivity contribution in [3.63, 3.8) is 0 Å². The Kier molecular flexibility index (Phi) is 7.66. The van der Waals surface area contributed by atoms with Gasteiger partial charge in [0.1, 0.15) is 0 Å². The van der Waals surface area contributed by atoms with E-state index >= 15 is 0 Å². The number of nitrogens with one attached hydrogen (secondary N) is 1. The first-order chi connectivity index (χ1) is 31.9. The average Bonchev–Trinajstić information content (AvgIpc) is 3.98. The summed E-state index contributed by atoms with van der Waals surface area (Å²) in [7, 11) is 2.60. The minimum absolute atomic E-state index is 0.0733. The molecule has 319 valence electrons. The van der Waals surface area contributed by atoms with Gasteiger partial charge in [0.15, 0.2) is 7.28 Å². The Labute approximate surface area is 390 Å². The monoisotopic (exact) mass is 849 g/mol. The number of hydrogen-bond acceptors (Lipinski definition) is 1. The SMILES string of the molecule is CC(C)(C)c1ccc(Nc2cc3c(cc2-c2c4c(c5c6cc7c(cc6n6c5c2[B]c2cc5c(cc2-6)-c2ccccc2C5(C)C)CCCC7)C(C)(C)c2ccccc2-4)-c2ccccc2C3)cc1. The van der Waals surface area contributed by atoms with E-state index in [4.69, 9.17) is 0 Å². The predicted octanol–water partition coefficient (Wildman–Crippen LogP) is 14.5. The standard InChI is InChI=1S/C63H54BN2/c1-61(2,3)39-24-26-40(27-25-39)65-52-30-38-28-37-18-10-11-19-41(37)44(38)32-46(52)56-55-43-21-13-15-23-49(43)63(6,7)58(55)57-47-29-35-16-8-9-17-36(35)31-53(47)66-54-33-45-42-20-12-14-22-48(42)62(4,5)50(45)34-51(54)64-59(56)60(57)66/h10-15,18-27,29-34,65H,8-9,16-17,28H2,1-7H3. The van der Waals surface area contributed by atoms with Crippen LogP contribution in [0.3, 0.4) is 0 Å². The van der Waals surface area contributed by atoms with Gasteiger partial charge in [-0.05, 0) is 174 Å². The summed E-state index contributed by atoms with van der Waals surface area (Å²) < 4.78 is 2.72. The predicted molar refractivity (Wildman–Crippen MR) is 280 cm³/mol. The first-order valence-electron chi connectivity index (χ1n) is 24.4. The second-order valence-corrected chi connectivity index (χ2v) is 22.2. The molecule has 1 radical (unpaired) electrons. The summed E-state index contributed by atoms with van der Waals surface area (Å²) in [6, 6.07) is 52.1. The molecule has 0 atom stereocenters. The molecule has 5 aliphatic rings. The van der Waals surface area contributed by atoms with Gasteiger partial charge in [-0.1, -0.05) is 145 Å². The molecule has 8 aromatic carbocycles. The number of aromatic nitrogens is 1. The van der Waals surface area contributed by atoms with Crippen LogP contribution in [-0.4, -0.2) is 11.8 Å². The summed E-state index contributed by atoms with van der Waals surface area (Å²) in [4.78, 5) is 0. The molecule has 1 N–H and O–H groups in total.